The molecule has 3 aromatic rings. The van der Waals surface area contributed by atoms with Crippen LogP contribution in [0.5, 0.6) is 11.5 Å². The van der Waals surface area contributed by atoms with Crippen molar-refractivity contribution in [3.8, 4) is 11.5 Å². The average Bonchev–Trinajstić information content (AvgIpc) is 2.91. The van der Waals surface area contributed by atoms with Crippen LogP contribution in [0.1, 0.15) is 38.1 Å². The van der Waals surface area contributed by atoms with Crippen LogP contribution in [0.4, 0.5) is 4.39 Å². The van der Waals surface area contributed by atoms with Crippen LogP contribution in [-0.2, 0) is 14.8 Å². The van der Waals surface area contributed by atoms with Gasteiger partial charge in [-0.1, -0.05) is 39.5 Å². The number of amides is 2. The topological polar surface area (TPSA) is 154 Å². The van der Waals surface area contributed by atoms with Crippen LogP contribution in [0.15, 0.2) is 83.8 Å². The second-order valence-corrected chi connectivity index (χ2v) is 11.2. The fraction of sp³-hybridized carbons (Fsp3) is 0.286. The minimum absolute atomic E-state index is 0. The minimum atomic E-state index is -4.17. The molecule has 10 nitrogen and oxygen atoms in total. The van der Waals surface area contributed by atoms with Crippen LogP contribution in [0.3, 0.4) is 0 Å². The number of hydrogen-bond acceptors (Lipinski definition) is 7. The van der Waals surface area contributed by atoms with Gasteiger partial charge in [-0.25, -0.2) is 17.5 Å². The third kappa shape index (κ3) is 10.3. The molecule has 0 aliphatic rings. The summed E-state index contributed by atoms with van der Waals surface area (Å²) in [6.07, 6.45) is 0.217. The summed E-state index contributed by atoms with van der Waals surface area (Å²) in [5.74, 6) is -2.13. The van der Waals surface area contributed by atoms with Gasteiger partial charge in [-0.15, -0.1) is 0 Å². The molecule has 0 heterocycles. The van der Waals surface area contributed by atoms with Gasteiger partial charge in [-0.3, -0.25) is 9.59 Å². The first-order valence-corrected chi connectivity index (χ1v) is 14.0. The highest BCUT2D eigenvalue weighted by Crippen LogP contribution is 2.21. The van der Waals surface area contributed by atoms with Crippen molar-refractivity contribution >= 4 is 29.0 Å². The van der Waals surface area contributed by atoms with Crippen molar-refractivity contribution in [2.45, 2.75) is 44.6 Å². The Morgan fingerprint density at radius 3 is 2.05 bits per heavy atom. The quantitative estimate of drug-likeness (QED) is 0.193. The third-order valence-corrected chi connectivity index (χ3v) is 7.17. The van der Waals surface area contributed by atoms with E-state index in [1.54, 1.807) is 24.3 Å². The van der Waals surface area contributed by atoms with Crippen LogP contribution in [0.2, 0.25) is 0 Å². The zero-order valence-corrected chi connectivity index (χ0v) is 22.8. The van der Waals surface area contributed by atoms with Gasteiger partial charge in [0.15, 0.2) is 0 Å². The van der Waals surface area contributed by atoms with Crippen LogP contribution in [0, 0.1) is 11.7 Å². The predicted molar refractivity (Wildman–Crippen MR) is 154 cm³/mol. The molecule has 3 rings (SSSR count). The molecule has 0 radical (unpaired) electrons. The van der Waals surface area contributed by atoms with Gasteiger partial charge in [0.25, 0.3) is 5.91 Å². The highest BCUT2D eigenvalue weighted by Gasteiger charge is 2.31. The number of halogens is 1. The first kappa shape index (κ1) is 33.4. The Balaban J connectivity index is 0.00000588. The lowest BCUT2D eigenvalue weighted by atomic mass is 9.75. The molecule has 2 amide bonds. The Morgan fingerprint density at radius 2 is 1.49 bits per heavy atom. The number of nitrogens with one attached hydrogen (secondary N) is 3. The van der Waals surface area contributed by atoms with E-state index in [1.165, 1.54) is 12.1 Å². The smallest absolute Gasteiger partial charge is 0.457 e. The zero-order valence-electron chi connectivity index (χ0n) is 22.0. The molecule has 0 aliphatic carbocycles. The van der Waals surface area contributed by atoms with E-state index in [1.807, 2.05) is 32.0 Å². The number of ether oxygens (including phenoxy) is 1. The molecule has 2 atom stereocenters. The number of rotatable bonds is 13. The monoisotopic (exact) mass is 587 g/mol. The van der Waals surface area contributed by atoms with Crippen molar-refractivity contribution in [2.75, 3.05) is 6.54 Å². The van der Waals surface area contributed by atoms with E-state index in [4.69, 9.17) is 4.74 Å². The van der Waals surface area contributed by atoms with Crippen molar-refractivity contribution in [3.05, 3.63) is 90.2 Å². The fourth-order valence-electron chi connectivity index (χ4n) is 3.69. The van der Waals surface area contributed by atoms with Crippen LogP contribution in [-0.4, -0.2) is 55.9 Å². The second kappa shape index (κ2) is 15.3. The minimum Gasteiger partial charge on any atom is -0.457 e. The molecule has 0 bridgehead atoms. The van der Waals surface area contributed by atoms with Gasteiger partial charge in [-0.2, -0.15) is 0 Å². The first-order valence-electron chi connectivity index (χ1n) is 12.5. The molecule has 0 fully saturated rings. The lowest BCUT2D eigenvalue weighted by Crippen LogP contribution is -2.57. The summed E-state index contributed by atoms with van der Waals surface area (Å²) in [6, 6.07) is 17.7. The molecule has 13 heteroatoms. The van der Waals surface area contributed by atoms with E-state index in [0.717, 1.165) is 24.3 Å². The Labute approximate surface area is 240 Å². The average molecular weight is 587 g/mol. The molecule has 0 unspecified atom stereocenters. The van der Waals surface area contributed by atoms with Crippen molar-refractivity contribution in [2.24, 2.45) is 5.92 Å². The van der Waals surface area contributed by atoms with Crippen molar-refractivity contribution in [3.63, 3.8) is 0 Å². The lowest BCUT2D eigenvalue weighted by Gasteiger charge is -2.24. The van der Waals surface area contributed by atoms with E-state index in [0.29, 0.717) is 11.5 Å². The SMILES string of the molecule is C.CC(C)C[C@H](NC(=O)[C@H](CNS(=O)(=O)c1ccc(F)cc1)NC(=O)c1ccc(Oc2ccccc2)cc1)B(O)O. The molecule has 3 aromatic carbocycles. The second-order valence-electron chi connectivity index (χ2n) is 9.43. The largest absolute Gasteiger partial charge is 0.475 e. The normalized spacial score (nSPS) is 12.5. The van der Waals surface area contributed by atoms with E-state index in [2.05, 4.69) is 15.4 Å². The summed E-state index contributed by atoms with van der Waals surface area (Å²) in [5, 5.41) is 24.4. The van der Waals surface area contributed by atoms with Gasteiger partial charge in [0.05, 0.1) is 10.8 Å². The van der Waals surface area contributed by atoms with E-state index in [9.17, 15) is 32.4 Å². The summed E-state index contributed by atoms with van der Waals surface area (Å²) < 4.78 is 46.6. The number of sulfonamides is 1. The van der Waals surface area contributed by atoms with E-state index >= 15 is 0 Å². The van der Waals surface area contributed by atoms with Crippen LogP contribution in [0.25, 0.3) is 0 Å². The summed E-state index contributed by atoms with van der Waals surface area (Å²) in [5.41, 5.74) is 0.167. The van der Waals surface area contributed by atoms with E-state index < -0.39 is 53.3 Å². The molecule has 0 aromatic heterocycles. The highest BCUT2D eigenvalue weighted by molar-refractivity contribution is 7.89. The molecule has 0 spiro atoms. The summed E-state index contributed by atoms with van der Waals surface area (Å²) >= 11 is 0. The third-order valence-electron chi connectivity index (χ3n) is 5.73. The Morgan fingerprint density at radius 1 is 0.902 bits per heavy atom. The van der Waals surface area contributed by atoms with Gasteiger partial charge in [0.2, 0.25) is 15.9 Å². The van der Waals surface area contributed by atoms with Gasteiger partial charge < -0.3 is 25.4 Å². The summed E-state index contributed by atoms with van der Waals surface area (Å²) in [6.45, 7) is 3.08. The maximum Gasteiger partial charge on any atom is 0.475 e. The summed E-state index contributed by atoms with van der Waals surface area (Å²) in [7, 11) is -6.05. The van der Waals surface area contributed by atoms with Crippen LogP contribution >= 0.6 is 0 Å². The fourth-order valence-corrected chi connectivity index (χ4v) is 4.73. The van der Waals surface area contributed by atoms with Crippen molar-refractivity contribution in [1.29, 1.82) is 0 Å². The number of benzene rings is 3. The van der Waals surface area contributed by atoms with Gasteiger partial charge >= 0.3 is 7.12 Å². The molecule has 41 heavy (non-hydrogen) atoms. The zero-order chi connectivity index (χ0) is 29.3. The molecule has 0 aliphatic heterocycles. The maximum absolute atomic E-state index is 13.2. The van der Waals surface area contributed by atoms with Gasteiger partial charge in [0.1, 0.15) is 23.4 Å². The molecule has 0 saturated carbocycles. The van der Waals surface area contributed by atoms with E-state index in [-0.39, 0.29) is 30.2 Å². The predicted octanol–water partition coefficient (Wildman–Crippen LogP) is 2.87. The number of carbonyl (C=O) groups is 2. The summed E-state index contributed by atoms with van der Waals surface area (Å²) in [4.78, 5) is 25.9. The van der Waals surface area contributed by atoms with Crippen LogP contribution < -0.4 is 20.1 Å². The number of carbonyl (C=O) groups excluding carboxylic acids is 2. The molecule has 220 valence electrons. The first-order chi connectivity index (χ1) is 18.9. The number of hydrogen-bond donors (Lipinski definition) is 5. The molecule has 5 N–H and O–H groups in total. The molecular formula is C28H35BFN3O7S. The van der Waals surface area contributed by atoms with Gasteiger partial charge in [0, 0.05) is 12.1 Å². The Hall–Kier alpha value is -3.78. The molecular weight excluding hydrogens is 552 g/mol. The molecule has 0 saturated heterocycles. The van der Waals surface area contributed by atoms with Crippen molar-refractivity contribution in [1.82, 2.24) is 15.4 Å². The lowest BCUT2D eigenvalue weighted by molar-refractivity contribution is -0.123. The number of para-hydroxylation sites is 1. The maximum atomic E-state index is 13.2. The van der Waals surface area contributed by atoms with Gasteiger partial charge in [-0.05, 0) is 73.0 Å². The highest BCUT2D eigenvalue weighted by atomic mass is 32.2. The Bertz CT molecular complexity index is 1370. The van der Waals surface area contributed by atoms with Crippen molar-refractivity contribution < 1.29 is 37.2 Å². The standard InChI is InChI=1S/C27H31BFN3O7S.CH4/c1-18(2)16-25(28(35)36)32-27(34)24(17-30-40(37,38)23-14-10-20(29)11-15-23)31-26(33)19-8-12-22(13-9-19)39-21-6-4-3-5-7-21;/h3-15,18,24-25,30,35-36H,16-17H2,1-2H3,(H,31,33)(H,32,34);1H4/t24-,25-;/m0./s1. The Kier molecular flexibility index (Phi) is 12.5.